The van der Waals surface area contributed by atoms with Gasteiger partial charge in [-0.15, -0.1) is 12.6 Å². The van der Waals surface area contributed by atoms with E-state index in [9.17, 15) is 9.18 Å². The molecule has 1 amide bonds. The zero-order valence-corrected chi connectivity index (χ0v) is 9.25. The summed E-state index contributed by atoms with van der Waals surface area (Å²) in [5.41, 5.74) is 0.234. The molecule has 1 rings (SSSR count). The van der Waals surface area contributed by atoms with Gasteiger partial charge in [0.15, 0.2) is 0 Å². The fourth-order valence-electron chi connectivity index (χ4n) is 0.974. The topological polar surface area (TPSA) is 54.4 Å². The van der Waals surface area contributed by atoms with Crippen molar-refractivity contribution in [2.75, 3.05) is 0 Å². The van der Waals surface area contributed by atoms with Crippen LogP contribution in [0.25, 0.3) is 0 Å². The Kier molecular flexibility index (Phi) is 4.65. The Morgan fingerprint density at radius 2 is 2.50 bits per heavy atom. The summed E-state index contributed by atoms with van der Waals surface area (Å²) in [6.07, 6.45) is 1.45. The van der Waals surface area contributed by atoms with Gasteiger partial charge in [-0.25, -0.2) is 4.39 Å². The molecule has 0 aromatic carbocycles. The number of nitrogens with zero attached hydrogens (tertiary/aromatic N) is 2. The average molecular weight is 239 g/mol. The van der Waals surface area contributed by atoms with Crippen LogP contribution in [0.3, 0.4) is 0 Å². The van der Waals surface area contributed by atoms with Crippen LogP contribution in [0.15, 0.2) is 34.4 Å². The van der Waals surface area contributed by atoms with E-state index in [2.05, 4.69) is 34.6 Å². The molecule has 0 aliphatic rings. The number of aromatic nitrogens is 1. The molecule has 1 heterocycles. The number of carbonyl (C=O) groups excluding carboxylic acids is 1. The van der Waals surface area contributed by atoms with E-state index < -0.39 is 11.7 Å². The first-order valence-electron chi connectivity index (χ1n) is 4.37. The van der Waals surface area contributed by atoms with Crippen molar-refractivity contribution in [3.63, 3.8) is 0 Å². The summed E-state index contributed by atoms with van der Waals surface area (Å²) in [5.74, 6) is -0.944. The lowest BCUT2D eigenvalue weighted by Crippen LogP contribution is -2.24. The summed E-state index contributed by atoms with van der Waals surface area (Å²) in [6.45, 7) is 3.20. The van der Waals surface area contributed by atoms with Crippen molar-refractivity contribution < 1.29 is 9.18 Å². The van der Waals surface area contributed by atoms with Gasteiger partial charge < -0.3 is 5.32 Å². The molecule has 0 atom stereocenters. The van der Waals surface area contributed by atoms with Gasteiger partial charge in [0.05, 0.1) is 12.2 Å². The maximum absolute atomic E-state index is 13.1. The summed E-state index contributed by atoms with van der Waals surface area (Å²) in [7, 11) is 0. The lowest BCUT2D eigenvalue weighted by atomic mass is 10.3. The van der Waals surface area contributed by atoms with Crippen LogP contribution in [0.5, 0.6) is 0 Å². The highest BCUT2D eigenvalue weighted by atomic mass is 32.1. The van der Waals surface area contributed by atoms with Crippen LogP contribution in [-0.4, -0.2) is 17.6 Å². The molecule has 1 aromatic rings. The molecule has 0 radical (unpaired) electrons. The fourth-order valence-corrected chi connectivity index (χ4v) is 1.17. The molecule has 0 saturated heterocycles. The van der Waals surface area contributed by atoms with E-state index in [-0.39, 0.29) is 17.9 Å². The second kappa shape index (κ2) is 6.02. The van der Waals surface area contributed by atoms with Gasteiger partial charge in [-0.3, -0.25) is 14.8 Å². The highest BCUT2D eigenvalue weighted by Gasteiger charge is 2.08. The smallest absolute Gasteiger partial charge is 0.270 e. The Balaban J connectivity index is 2.62. The maximum Gasteiger partial charge on any atom is 0.270 e. The monoisotopic (exact) mass is 239 g/mol. The summed E-state index contributed by atoms with van der Waals surface area (Å²) in [5, 5.41) is 3.67. The fraction of sp³-hybridized carbons (Fsp3) is 0.100. The predicted octanol–water partition coefficient (Wildman–Crippen LogP) is 1.31. The molecule has 0 unspecified atom stereocenters. The Bertz CT molecular complexity index is 434. The SMILES string of the molecule is C=N/C(=C\S)C(=O)NCc1ncccc1F. The van der Waals surface area contributed by atoms with Crippen molar-refractivity contribution in [1.82, 2.24) is 10.3 Å². The van der Waals surface area contributed by atoms with Crippen molar-refractivity contribution >= 4 is 25.3 Å². The second-order valence-corrected chi connectivity index (χ2v) is 3.05. The largest absolute Gasteiger partial charge is 0.345 e. The molecule has 16 heavy (non-hydrogen) atoms. The van der Waals surface area contributed by atoms with Gasteiger partial charge in [-0.05, 0) is 24.3 Å². The van der Waals surface area contributed by atoms with Crippen LogP contribution in [0.4, 0.5) is 4.39 Å². The number of carbonyl (C=O) groups is 1. The number of aliphatic imine (C=N–C) groups is 1. The summed E-state index contributed by atoms with van der Waals surface area (Å²) >= 11 is 3.79. The number of thiol groups is 1. The minimum atomic E-state index is -0.477. The molecule has 0 bridgehead atoms. The molecule has 0 aliphatic heterocycles. The number of nitrogens with one attached hydrogen (secondary N) is 1. The number of rotatable bonds is 4. The zero-order chi connectivity index (χ0) is 12.0. The molecule has 6 heteroatoms. The quantitative estimate of drug-likeness (QED) is 0.473. The predicted molar refractivity (Wildman–Crippen MR) is 62.7 cm³/mol. The van der Waals surface area contributed by atoms with Gasteiger partial charge in [0.25, 0.3) is 5.91 Å². The molecule has 0 saturated carbocycles. The van der Waals surface area contributed by atoms with E-state index in [0.29, 0.717) is 0 Å². The van der Waals surface area contributed by atoms with Crippen LogP contribution < -0.4 is 5.32 Å². The Morgan fingerprint density at radius 1 is 1.75 bits per heavy atom. The first-order valence-corrected chi connectivity index (χ1v) is 4.89. The van der Waals surface area contributed by atoms with Gasteiger partial charge in [0.2, 0.25) is 0 Å². The standard InChI is InChI=1S/C10H10FN3OS/c1-12-9(6-16)10(15)14-5-8-7(11)3-2-4-13-8/h2-4,6,16H,1,5H2,(H,14,15)/b9-6-. The van der Waals surface area contributed by atoms with E-state index in [0.717, 1.165) is 0 Å². The van der Waals surface area contributed by atoms with E-state index in [4.69, 9.17) is 0 Å². The van der Waals surface area contributed by atoms with Crippen LogP contribution in [0, 0.1) is 5.82 Å². The van der Waals surface area contributed by atoms with Crippen molar-refractivity contribution in [1.29, 1.82) is 0 Å². The Hall–Kier alpha value is -1.69. The van der Waals surface area contributed by atoms with E-state index in [1.54, 1.807) is 0 Å². The average Bonchev–Trinajstić information content (AvgIpc) is 2.29. The molecule has 84 valence electrons. The third-order valence-electron chi connectivity index (χ3n) is 1.78. The molecular formula is C10H10FN3OS. The summed E-state index contributed by atoms with van der Waals surface area (Å²) in [4.78, 5) is 18.6. The Labute approximate surface area is 97.7 Å². The first kappa shape index (κ1) is 12.4. The van der Waals surface area contributed by atoms with Crippen LogP contribution in [-0.2, 0) is 11.3 Å². The zero-order valence-electron chi connectivity index (χ0n) is 8.35. The summed E-state index contributed by atoms with van der Waals surface area (Å²) in [6, 6.07) is 2.75. The normalized spacial score (nSPS) is 11.0. The van der Waals surface area contributed by atoms with Crippen LogP contribution in [0.2, 0.25) is 0 Å². The van der Waals surface area contributed by atoms with Gasteiger partial charge in [-0.2, -0.15) is 0 Å². The third-order valence-corrected chi connectivity index (χ3v) is 2.02. The number of halogens is 1. The highest BCUT2D eigenvalue weighted by Crippen LogP contribution is 2.03. The van der Waals surface area contributed by atoms with Crippen molar-refractivity contribution in [3.8, 4) is 0 Å². The van der Waals surface area contributed by atoms with Crippen LogP contribution >= 0.6 is 12.6 Å². The minimum absolute atomic E-state index is 0.00779. The number of pyridine rings is 1. The van der Waals surface area contributed by atoms with Crippen molar-refractivity contribution in [2.45, 2.75) is 6.54 Å². The number of hydrogen-bond acceptors (Lipinski definition) is 4. The minimum Gasteiger partial charge on any atom is -0.345 e. The van der Waals surface area contributed by atoms with Gasteiger partial charge in [0.1, 0.15) is 11.5 Å². The van der Waals surface area contributed by atoms with E-state index in [1.165, 1.54) is 23.7 Å². The lowest BCUT2D eigenvalue weighted by Gasteiger charge is -2.04. The molecule has 4 nitrogen and oxygen atoms in total. The molecule has 1 aromatic heterocycles. The van der Waals surface area contributed by atoms with Crippen molar-refractivity contribution in [2.24, 2.45) is 4.99 Å². The highest BCUT2D eigenvalue weighted by molar-refractivity contribution is 7.83. The molecule has 0 spiro atoms. The van der Waals surface area contributed by atoms with E-state index >= 15 is 0 Å². The second-order valence-electron chi connectivity index (χ2n) is 2.79. The molecular weight excluding hydrogens is 229 g/mol. The molecule has 1 N–H and O–H groups in total. The van der Waals surface area contributed by atoms with Gasteiger partial charge in [0, 0.05) is 6.20 Å². The van der Waals surface area contributed by atoms with Crippen molar-refractivity contribution in [3.05, 3.63) is 40.9 Å². The molecule has 0 fully saturated rings. The number of amides is 1. The van der Waals surface area contributed by atoms with E-state index in [1.807, 2.05) is 0 Å². The van der Waals surface area contributed by atoms with Gasteiger partial charge in [-0.1, -0.05) is 0 Å². The molecule has 0 aliphatic carbocycles. The Morgan fingerprint density at radius 3 is 3.06 bits per heavy atom. The third kappa shape index (κ3) is 3.16. The lowest BCUT2D eigenvalue weighted by molar-refractivity contribution is -0.117. The summed E-state index contributed by atoms with van der Waals surface area (Å²) < 4.78 is 13.1. The van der Waals surface area contributed by atoms with Gasteiger partial charge >= 0.3 is 0 Å². The first-order chi connectivity index (χ1) is 7.69. The van der Waals surface area contributed by atoms with Crippen LogP contribution in [0.1, 0.15) is 5.69 Å². The number of hydrogen-bond donors (Lipinski definition) is 2. The maximum atomic E-state index is 13.1.